The second kappa shape index (κ2) is 6.41. The van der Waals surface area contributed by atoms with Crippen molar-refractivity contribution in [3.63, 3.8) is 0 Å². The van der Waals surface area contributed by atoms with Gasteiger partial charge in [-0.1, -0.05) is 6.07 Å². The van der Waals surface area contributed by atoms with E-state index in [1.165, 1.54) is 12.8 Å². The van der Waals surface area contributed by atoms with Crippen LogP contribution in [0.4, 0.5) is 0 Å². The fourth-order valence-electron chi connectivity index (χ4n) is 4.37. The van der Waals surface area contributed by atoms with Gasteiger partial charge in [0.25, 0.3) is 0 Å². The minimum Gasteiger partial charge on any atom is -0.454 e. The third-order valence-corrected chi connectivity index (χ3v) is 5.67. The highest BCUT2D eigenvalue weighted by molar-refractivity contribution is 5.44. The van der Waals surface area contributed by atoms with Crippen molar-refractivity contribution >= 4 is 0 Å². The lowest BCUT2D eigenvalue weighted by molar-refractivity contribution is -0.179. The second-order valence-electron chi connectivity index (χ2n) is 7.19. The first kappa shape index (κ1) is 15.8. The molecule has 3 fully saturated rings. The summed E-state index contributed by atoms with van der Waals surface area (Å²) >= 11 is 0. The summed E-state index contributed by atoms with van der Waals surface area (Å²) in [6, 6.07) is 5.69. The molecule has 7 heteroatoms. The standard InChI is InChI=1S/C18H24N2O5/c21-17-15(19-8-11-3-4-12-13(7-11)24-10-23-12)14-9-22-18(25-14)16(17)20-5-1-2-6-20/h3-4,7,14-19,21H,1-2,5-6,8-10H2/t14-,15-,16-,17+,18-/m1/s1. The number of benzene rings is 1. The maximum absolute atomic E-state index is 11.0. The lowest BCUT2D eigenvalue weighted by Crippen LogP contribution is -2.63. The molecule has 3 saturated heterocycles. The van der Waals surface area contributed by atoms with Gasteiger partial charge < -0.3 is 29.4 Å². The highest BCUT2D eigenvalue weighted by Gasteiger charge is 2.52. The van der Waals surface area contributed by atoms with Crippen molar-refractivity contribution in [3.05, 3.63) is 23.8 Å². The molecule has 0 aliphatic carbocycles. The molecule has 0 aromatic heterocycles. The number of rotatable bonds is 4. The predicted octanol–water partition coefficient (Wildman–Crippen LogP) is 0.454. The molecule has 0 unspecified atom stereocenters. The molecule has 4 aliphatic rings. The molecule has 2 N–H and O–H groups in total. The monoisotopic (exact) mass is 348 g/mol. The average Bonchev–Trinajstić information content (AvgIpc) is 3.36. The quantitative estimate of drug-likeness (QED) is 0.819. The number of aliphatic hydroxyl groups excluding tert-OH is 1. The molecule has 25 heavy (non-hydrogen) atoms. The zero-order valence-electron chi connectivity index (χ0n) is 14.1. The molecule has 4 aliphatic heterocycles. The number of aliphatic hydroxyl groups is 1. The van der Waals surface area contributed by atoms with Gasteiger partial charge >= 0.3 is 0 Å². The van der Waals surface area contributed by atoms with E-state index in [4.69, 9.17) is 18.9 Å². The average molecular weight is 348 g/mol. The number of likely N-dealkylation sites (tertiary alicyclic amines) is 1. The Kier molecular flexibility index (Phi) is 4.06. The van der Waals surface area contributed by atoms with Gasteiger partial charge in [0, 0.05) is 6.54 Å². The van der Waals surface area contributed by atoms with Gasteiger partial charge in [0.1, 0.15) is 6.10 Å². The van der Waals surface area contributed by atoms with Crippen molar-refractivity contribution in [1.82, 2.24) is 10.2 Å². The lowest BCUT2D eigenvalue weighted by Gasteiger charge is -2.42. The van der Waals surface area contributed by atoms with Gasteiger partial charge in [0.2, 0.25) is 6.79 Å². The molecule has 136 valence electrons. The first-order chi connectivity index (χ1) is 12.3. The minimum atomic E-state index is -0.502. The molecule has 4 heterocycles. The van der Waals surface area contributed by atoms with Crippen molar-refractivity contribution in [2.24, 2.45) is 0 Å². The van der Waals surface area contributed by atoms with Gasteiger partial charge in [-0.2, -0.15) is 0 Å². The fourth-order valence-corrected chi connectivity index (χ4v) is 4.37. The van der Waals surface area contributed by atoms with Crippen LogP contribution in [-0.2, 0) is 16.0 Å². The van der Waals surface area contributed by atoms with Crippen LogP contribution in [0.1, 0.15) is 18.4 Å². The van der Waals surface area contributed by atoms with Crippen LogP contribution in [0.2, 0.25) is 0 Å². The summed E-state index contributed by atoms with van der Waals surface area (Å²) in [5.74, 6) is 1.56. The molecular weight excluding hydrogens is 324 g/mol. The van der Waals surface area contributed by atoms with Gasteiger partial charge in [0.15, 0.2) is 17.8 Å². The third kappa shape index (κ3) is 2.80. The van der Waals surface area contributed by atoms with E-state index in [9.17, 15) is 5.11 Å². The Balaban J connectivity index is 1.29. The molecule has 5 atom stereocenters. The maximum Gasteiger partial charge on any atom is 0.231 e. The van der Waals surface area contributed by atoms with E-state index in [0.717, 1.165) is 30.2 Å². The largest absolute Gasteiger partial charge is 0.454 e. The third-order valence-electron chi connectivity index (χ3n) is 5.67. The summed E-state index contributed by atoms with van der Waals surface area (Å²) < 4.78 is 22.6. The summed E-state index contributed by atoms with van der Waals surface area (Å²) in [5.41, 5.74) is 1.09. The van der Waals surface area contributed by atoms with Gasteiger partial charge in [-0.25, -0.2) is 0 Å². The van der Waals surface area contributed by atoms with Gasteiger partial charge in [0.05, 0.1) is 24.8 Å². The molecular formula is C18H24N2O5. The molecule has 0 spiro atoms. The van der Waals surface area contributed by atoms with Crippen molar-refractivity contribution in [2.45, 2.75) is 50.0 Å². The van der Waals surface area contributed by atoms with Crippen LogP contribution in [0.25, 0.3) is 0 Å². The Morgan fingerprint density at radius 1 is 1.16 bits per heavy atom. The van der Waals surface area contributed by atoms with Crippen LogP contribution >= 0.6 is 0 Å². The van der Waals surface area contributed by atoms with E-state index in [2.05, 4.69) is 10.2 Å². The zero-order chi connectivity index (χ0) is 16.8. The van der Waals surface area contributed by atoms with Crippen LogP contribution in [0, 0.1) is 0 Å². The summed E-state index contributed by atoms with van der Waals surface area (Å²) in [4.78, 5) is 2.31. The van der Waals surface area contributed by atoms with Crippen molar-refractivity contribution < 1.29 is 24.1 Å². The van der Waals surface area contributed by atoms with E-state index in [0.29, 0.717) is 13.2 Å². The summed E-state index contributed by atoms with van der Waals surface area (Å²) in [6.07, 6.45) is 1.44. The normalized spacial score (nSPS) is 36.9. The van der Waals surface area contributed by atoms with E-state index in [1.54, 1.807) is 0 Å². The smallest absolute Gasteiger partial charge is 0.231 e. The molecule has 1 aromatic carbocycles. The molecule has 0 radical (unpaired) electrons. The number of fused-ring (bicyclic) bond motifs is 3. The number of ether oxygens (including phenoxy) is 4. The summed E-state index contributed by atoms with van der Waals surface area (Å²) in [7, 11) is 0. The lowest BCUT2D eigenvalue weighted by atomic mass is 9.94. The molecule has 2 bridgehead atoms. The Morgan fingerprint density at radius 2 is 2.00 bits per heavy atom. The zero-order valence-corrected chi connectivity index (χ0v) is 14.1. The van der Waals surface area contributed by atoms with Crippen LogP contribution in [0.5, 0.6) is 11.5 Å². The van der Waals surface area contributed by atoms with Crippen LogP contribution in [0.15, 0.2) is 18.2 Å². The summed E-state index contributed by atoms with van der Waals surface area (Å²) in [6.45, 7) is 3.45. The molecule has 7 nitrogen and oxygen atoms in total. The van der Waals surface area contributed by atoms with Crippen molar-refractivity contribution in [2.75, 3.05) is 26.5 Å². The van der Waals surface area contributed by atoms with Gasteiger partial charge in [-0.15, -0.1) is 0 Å². The fraction of sp³-hybridized carbons (Fsp3) is 0.667. The van der Waals surface area contributed by atoms with Gasteiger partial charge in [-0.05, 0) is 43.6 Å². The highest BCUT2D eigenvalue weighted by Crippen LogP contribution is 2.34. The first-order valence-corrected chi connectivity index (χ1v) is 9.11. The van der Waals surface area contributed by atoms with E-state index in [1.807, 2.05) is 18.2 Å². The van der Waals surface area contributed by atoms with E-state index >= 15 is 0 Å². The Labute approximate surface area is 146 Å². The maximum atomic E-state index is 11.0. The van der Waals surface area contributed by atoms with Crippen molar-refractivity contribution in [3.8, 4) is 11.5 Å². The Hall–Kier alpha value is -1.38. The molecule has 1 aromatic rings. The number of nitrogens with zero attached hydrogens (tertiary/aromatic N) is 1. The molecule has 0 saturated carbocycles. The number of hydrogen-bond donors (Lipinski definition) is 2. The van der Waals surface area contributed by atoms with Crippen LogP contribution in [-0.4, -0.2) is 67.1 Å². The van der Waals surface area contributed by atoms with Crippen molar-refractivity contribution in [1.29, 1.82) is 0 Å². The molecule has 5 rings (SSSR count). The number of hydrogen-bond acceptors (Lipinski definition) is 7. The highest BCUT2D eigenvalue weighted by atomic mass is 16.7. The van der Waals surface area contributed by atoms with Crippen LogP contribution in [0.3, 0.4) is 0 Å². The summed E-state index contributed by atoms with van der Waals surface area (Å²) in [5, 5.41) is 14.5. The van der Waals surface area contributed by atoms with Crippen LogP contribution < -0.4 is 14.8 Å². The Morgan fingerprint density at radius 3 is 2.88 bits per heavy atom. The Bertz CT molecular complexity index is 634. The second-order valence-corrected chi connectivity index (χ2v) is 7.19. The van der Waals surface area contributed by atoms with E-state index < -0.39 is 6.10 Å². The minimum absolute atomic E-state index is 0.0875. The molecule has 0 amide bonds. The van der Waals surface area contributed by atoms with E-state index in [-0.39, 0.29) is 31.3 Å². The van der Waals surface area contributed by atoms with Gasteiger partial charge in [-0.3, -0.25) is 4.90 Å². The first-order valence-electron chi connectivity index (χ1n) is 9.11. The SMILES string of the molecule is O[C@H]1[C@H](NCc2ccc3c(c2)OCO3)[C@H]2CO[C@H](O2)[C@@H]1N1CCCC1. The predicted molar refractivity (Wildman–Crippen MR) is 88.4 cm³/mol. The topological polar surface area (TPSA) is 72.4 Å². The number of nitrogens with one attached hydrogen (secondary N) is 1.